The molecule has 0 spiro atoms. The zero-order chi connectivity index (χ0) is 14.1. The molecule has 0 N–H and O–H groups in total. The Morgan fingerprint density at radius 1 is 1.30 bits per heavy atom. The molecule has 1 heterocycles. The molecule has 0 amide bonds. The average Bonchev–Trinajstić information content (AvgIpc) is 3.20. The molecular weight excluding hydrogens is 250 g/mol. The number of rotatable bonds is 5. The maximum absolute atomic E-state index is 5.34. The first-order chi connectivity index (χ1) is 9.63. The second-order valence-electron chi connectivity index (χ2n) is 5.82. The predicted molar refractivity (Wildman–Crippen MR) is 77.3 cm³/mol. The monoisotopic (exact) mass is 271 g/mol. The maximum atomic E-state index is 5.34. The fraction of sp³-hybridized carbons (Fsp3) is 0.500. The normalized spacial score (nSPS) is 16.6. The van der Waals surface area contributed by atoms with Gasteiger partial charge in [-0.3, -0.25) is 4.90 Å². The summed E-state index contributed by atoms with van der Waals surface area (Å²) < 4.78 is 5.34. The van der Waals surface area contributed by atoms with Crippen molar-refractivity contribution in [2.75, 3.05) is 7.05 Å². The molecule has 1 aromatic carbocycles. The Morgan fingerprint density at radius 2 is 2.00 bits per heavy atom. The molecule has 106 valence electrons. The highest BCUT2D eigenvalue weighted by molar-refractivity contribution is 5.23. The summed E-state index contributed by atoms with van der Waals surface area (Å²) in [4.78, 5) is 6.71. The summed E-state index contributed by atoms with van der Waals surface area (Å²) in [5, 5.41) is 4.06. The van der Waals surface area contributed by atoms with Crippen molar-refractivity contribution in [3.8, 4) is 0 Å². The van der Waals surface area contributed by atoms with Crippen LogP contribution in [-0.4, -0.2) is 22.1 Å². The van der Waals surface area contributed by atoms with E-state index in [0.29, 0.717) is 24.4 Å². The average molecular weight is 271 g/mol. The molecule has 1 fully saturated rings. The van der Waals surface area contributed by atoms with Crippen LogP contribution >= 0.6 is 0 Å². The van der Waals surface area contributed by atoms with Crippen LogP contribution in [0, 0.1) is 6.92 Å². The lowest BCUT2D eigenvalue weighted by molar-refractivity contribution is 0.216. The molecule has 2 aromatic rings. The quantitative estimate of drug-likeness (QED) is 0.835. The lowest BCUT2D eigenvalue weighted by Crippen LogP contribution is -2.22. The predicted octanol–water partition coefficient (Wildman–Crippen LogP) is 3.45. The highest BCUT2D eigenvalue weighted by Gasteiger charge is 2.29. The topological polar surface area (TPSA) is 42.2 Å². The molecule has 0 radical (unpaired) electrons. The highest BCUT2D eigenvalue weighted by Crippen LogP contribution is 2.38. The minimum absolute atomic E-state index is 0.326. The molecule has 3 rings (SSSR count). The summed E-state index contributed by atoms with van der Waals surface area (Å²) in [7, 11) is 2.09. The lowest BCUT2D eigenvalue weighted by Gasteiger charge is -2.23. The summed E-state index contributed by atoms with van der Waals surface area (Å²) in [6.07, 6.45) is 2.41. The van der Waals surface area contributed by atoms with Crippen LogP contribution < -0.4 is 0 Å². The molecule has 4 heteroatoms. The molecule has 0 saturated heterocycles. The molecule has 1 saturated carbocycles. The van der Waals surface area contributed by atoms with E-state index in [4.69, 9.17) is 4.52 Å². The van der Waals surface area contributed by atoms with Crippen molar-refractivity contribution >= 4 is 0 Å². The van der Waals surface area contributed by atoms with Gasteiger partial charge >= 0.3 is 0 Å². The van der Waals surface area contributed by atoms with Crippen molar-refractivity contribution in [3.05, 3.63) is 47.1 Å². The largest absolute Gasteiger partial charge is 0.338 e. The van der Waals surface area contributed by atoms with Crippen LogP contribution in [0.1, 0.15) is 54.6 Å². The number of nitrogens with zero attached hydrogens (tertiary/aromatic N) is 3. The van der Waals surface area contributed by atoms with E-state index in [9.17, 15) is 0 Å². The number of aryl methyl sites for hydroxylation is 1. The molecule has 1 unspecified atom stereocenters. The summed E-state index contributed by atoms with van der Waals surface area (Å²) in [6.45, 7) is 4.99. The van der Waals surface area contributed by atoms with Crippen molar-refractivity contribution in [3.63, 3.8) is 0 Å². The van der Waals surface area contributed by atoms with Gasteiger partial charge in [0.05, 0.1) is 6.54 Å². The van der Waals surface area contributed by atoms with E-state index in [1.165, 1.54) is 24.0 Å². The molecule has 1 aliphatic rings. The Bertz CT molecular complexity index is 572. The van der Waals surface area contributed by atoms with Crippen LogP contribution in [0.15, 0.2) is 28.8 Å². The minimum Gasteiger partial charge on any atom is -0.338 e. The molecule has 1 atom stereocenters. The number of hydrogen-bond acceptors (Lipinski definition) is 4. The van der Waals surface area contributed by atoms with Gasteiger partial charge in [0.1, 0.15) is 0 Å². The van der Waals surface area contributed by atoms with Gasteiger partial charge in [0.2, 0.25) is 5.89 Å². The Labute approximate surface area is 119 Å². The van der Waals surface area contributed by atoms with Crippen molar-refractivity contribution in [2.24, 2.45) is 0 Å². The van der Waals surface area contributed by atoms with Crippen LogP contribution in [0.2, 0.25) is 0 Å². The number of aromatic nitrogens is 2. The molecule has 4 nitrogen and oxygen atoms in total. The zero-order valence-electron chi connectivity index (χ0n) is 12.3. The van der Waals surface area contributed by atoms with Crippen LogP contribution in [0.5, 0.6) is 0 Å². The lowest BCUT2D eigenvalue weighted by atomic mass is 10.1. The van der Waals surface area contributed by atoms with Crippen molar-refractivity contribution < 1.29 is 4.52 Å². The second kappa shape index (κ2) is 5.37. The van der Waals surface area contributed by atoms with Crippen LogP contribution in [0.25, 0.3) is 0 Å². The maximum Gasteiger partial charge on any atom is 0.240 e. The van der Waals surface area contributed by atoms with Gasteiger partial charge in [-0.15, -0.1) is 0 Å². The molecule has 1 aliphatic carbocycles. The third-order valence-electron chi connectivity index (χ3n) is 4.03. The van der Waals surface area contributed by atoms with Crippen molar-refractivity contribution in [2.45, 2.75) is 45.2 Å². The second-order valence-corrected chi connectivity index (χ2v) is 5.82. The first-order valence-electron chi connectivity index (χ1n) is 7.23. The Morgan fingerprint density at radius 3 is 2.65 bits per heavy atom. The standard InChI is InChI=1S/C16H21N3O/c1-11-4-6-13(7-5-11)12(2)19(3)10-15-17-16(18-20-15)14-8-9-14/h4-7,12,14H,8-10H2,1-3H3. The van der Waals surface area contributed by atoms with E-state index in [0.717, 1.165) is 5.82 Å². The van der Waals surface area contributed by atoms with Crippen molar-refractivity contribution in [1.82, 2.24) is 15.0 Å². The van der Waals surface area contributed by atoms with Gasteiger partial charge in [-0.1, -0.05) is 35.0 Å². The SMILES string of the molecule is Cc1ccc(C(C)N(C)Cc2nc(C3CC3)no2)cc1. The van der Waals surface area contributed by atoms with Crippen molar-refractivity contribution in [1.29, 1.82) is 0 Å². The summed E-state index contributed by atoms with van der Waals surface area (Å²) in [6, 6.07) is 8.99. The van der Waals surface area contributed by atoms with Gasteiger partial charge < -0.3 is 4.52 Å². The van der Waals surface area contributed by atoms with E-state index in [1.54, 1.807) is 0 Å². The first-order valence-corrected chi connectivity index (χ1v) is 7.23. The van der Waals surface area contributed by atoms with Crippen LogP contribution in [-0.2, 0) is 6.54 Å². The Hall–Kier alpha value is -1.68. The van der Waals surface area contributed by atoms with E-state index >= 15 is 0 Å². The van der Waals surface area contributed by atoms with Crippen LogP contribution in [0.4, 0.5) is 0 Å². The fourth-order valence-electron chi connectivity index (χ4n) is 2.29. The fourth-order valence-corrected chi connectivity index (χ4v) is 2.29. The Balaban J connectivity index is 1.64. The van der Waals surface area contributed by atoms with Crippen LogP contribution in [0.3, 0.4) is 0 Å². The Kier molecular flexibility index (Phi) is 3.57. The van der Waals surface area contributed by atoms with E-state index < -0.39 is 0 Å². The van der Waals surface area contributed by atoms with Gasteiger partial charge in [-0.2, -0.15) is 4.98 Å². The smallest absolute Gasteiger partial charge is 0.240 e. The van der Waals surface area contributed by atoms with Gasteiger partial charge in [-0.25, -0.2) is 0 Å². The summed E-state index contributed by atoms with van der Waals surface area (Å²) >= 11 is 0. The van der Waals surface area contributed by atoms with E-state index in [2.05, 4.69) is 60.2 Å². The van der Waals surface area contributed by atoms with E-state index in [1.807, 2.05) is 0 Å². The van der Waals surface area contributed by atoms with Gasteiger partial charge in [0.15, 0.2) is 5.82 Å². The number of benzene rings is 1. The highest BCUT2D eigenvalue weighted by atomic mass is 16.5. The molecule has 20 heavy (non-hydrogen) atoms. The van der Waals surface area contributed by atoms with Gasteiger partial charge in [0.25, 0.3) is 0 Å². The molecule has 0 aliphatic heterocycles. The zero-order valence-corrected chi connectivity index (χ0v) is 12.3. The number of hydrogen-bond donors (Lipinski definition) is 0. The molecule has 1 aromatic heterocycles. The molecule has 0 bridgehead atoms. The van der Waals surface area contributed by atoms with E-state index in [-0.39, 0.29) is 0 Å². The minimum atomic E-state index is 0.326. The third kappa shape index (κ3) is 2.90. The summed E-state index contributed by atoms with van der Waals surface area (Å²) in [5.41, 5.74) is 2.59. The van der Waals surface area contributed by atoms with Gasteiger partial charge in [0, 0.05) is 12.0 Å². The molecular formula is C16H21N3O. The first kappa shape index (κ1) is 13.3. The third-order valence-corrected chi connectivity index (χ3v) is 4.03. The van der Waals surface area contributed by atoms with Gasteiger partial charge in [-0.05, 0) is 39.3 Å². The summed E-state index contributed by atoms with van der Waals surface area (Å²) in [5.74, 6) is 2.15.